The van der Waals surface area contributed by atoms with Crippen LogP contribution in [-0.4, -0.2) is 22.1 Å². The van der Waals surface area contributed by atoms with Gasteiger partial charge >= 0.3 is 11.9 Å². The van der Waals surface area contributed by atoms with Crippen molar-refractivity contribution in [3.05, 3.63) is 28.8 Å². The third kappa shape index (κ3) is 2.56. The summed E-state index contributed by atoms with van der Waals surface area (Å²) in [4.78, 5) is 10.2. The molecule has 0 aliphatic carbocycles. The fourth-order valence-electron chi connectivity index (χ4n) is 1.02. The highest BCUT2D eigenvalue weighted by Crippen LogP contribution is 2.31. The maximum absolute atomic E-state index is 12.8. The maximum Gasteiger partial charge on any atom is 0.374 e. The standard InChI is InChI=1S/C9H7ClF2O3/c10-6-2-1-3-7(13)5(6)4-9(11,12)8(14)15/h1-3,13H,4H2,(H,14,15). The number of rotatable bonds is 3. The van der Waals surface area contributed by atoms with Crippen LogP contribution in [0.1, 0.15) is 5.56 Å². The summed E-state index contributed by atoms with van der Waals surface area (Å²) in [5.41, 5.74) is -0.272. The van der Waals surface area contributed by atoms with Gasteiger partial charge in [0.05, 0.1) is 6.42 Å². The molecule has 0 saturated heterocycles. The average molecular weight is 237 g/mol. The Kier molecular flexibility index (Phi) is 3.14. The molecule has 1 aromatic rings. The van der Waals surface area contributed by atoms with E-state index in [9.17, 15) is 18.7 Å². The van der Waals surface area contributed by atoms with E-state index in [0.29, 0.717) is 0 Å². The van der Waals surface area contributed by atoms with Crippen molar-refractivity contribution in [1.82, 2.24) is 0 Å². The van der Waals surface area contributed by atoms with E-state index in [0.717, 1.165) is 0 Å². The molecule has 0 saturated carbocycles. The third-order valence-corrected chi connectivity index (χ3v) is 2.16. The van der Waals surface area contributed by atoms with Gasteiger partial charge in [-0.05, 0) is 12.1 Å². The van der Waals surface area contributed by atoms with Crippen LogP contribution in [-0.2, 0) is 11.2 Å². The molecule has 0 aromatic heterocycles. The summed E-state index contributed by atoms with van der Waals surface area (Å²) in [6.45, 7) is 0. The molecule has 82 valence electrons. The Morgan fingerprint density at radius 3 is 2.53 bits per heavy atom. The number of alkyl halides is 2. The largest absolute Gasteiger partial charge is 0.508 e. The molecule has 1 aromatic carbocycles. The van der Waals surface area contributed by atoms with Crippen molar-refractivity contribution >= 4 is 17.6 Å². The topological polar surface area (TPSA) is 57.5 Å². The average Bonchev–Trinajstić information content (AvgIpc) is 2.11. The zero-order chi connectivity index (χ0) is 11.6. The Labute approximate surface area is 88.9 Å². The van der Waals surface area contributed by atoms with Crippen LogP contribution in [0.4, 0.5) is 8.78 Å². The highest BCUT2D eigenvalue weighted by Gasteiger charge is 2.40. The van der Waals surface area contributed by atoms with Gasteiger partial charge in [-0.3, -0.25) is 0 Å². The van der Waals surface area contributed by atoms with Gasteiger partial charge in [0.1, 0.15) is 5.75 Å². The number of benzene rings is 1. The Bertz CT molecular complexity index is 373. The summed E-state index contributed by atoms with van der Waals surface area (Å²) in [5, 5.41) is 17.3. The Hall–Kier alpha value is -1.36. The number of aliphatic carboxylic acids is 1. The third-order valence-electron chi connectivity index (χ3n) is 1.81. The molecule has 0 unspecified atom stereocenters. The van der Waals surface area contributed by atoms with Crippen LogP contribution in [0.3, 0.4) is 0 Å². The summed E-state index contributed by atoms with van der Waals surface area (Å²) < 4.78 is 25.6. The number of carboxylic acids is 1. The molecule has 0 radical (unpaired) electrons. The SMILES string of the molecule is O=C(O)C(F)(F)Cc1c(O)cccc1Cl. The van der Waals surface area contributed by atoms with Crippen molar-refractivity contribution in [2.45, 2.75) is 12.3 Å². The lowest BCUT2D eigenvalue weighted by Gasteiger charge is -2.13. The van der Waals surface area contributed by atoms with E-state index < -0.39 is 24.1 Å². The quantitative estimate of drug-likeness (QED) is 0.847. The lowest BCUT2D eigenvalue weighted by molar-refractivity contribution is -0.164. The van der Waals surface area contributed by atoms with Crippen LogP contribution >= 0.6 is 11.6 Å². The first-order valence-corrected chi connectivity index (χ1v) is 4.30. The fourth-order valence-corrected chi connectivity index (χ4v) is 1.26. The van der Waals surface area contributed by atoms with Gasteiger partial charge in [0.15, 0.2) is 0 Å². The number of phenols is 1. The first-order valence-electron chi connectivity index (χ1n) is 3.92. The van der Waals surface area contributed by atoms with Crippen molar-refractivity contribution < 1.29 is 23.8 Å². The lowest BCUT2D eigenvalue weighted by atomic mass is 10.1. The molecule has 15 heavy (non-hydrogen) atoms. The second-order valence-corrected chi connectivity index (χ2v) is 3.33. The summed E-state index contributed by atoms with van der Waals surface area (Å²) >= 11 is 5.55. The van der Waals surface area contributed by atoms with Crippen LogP contribution in [0.2, 0.25) is 5.02 Å². The highest BCUT2D eigenvalue weighted by atomic mass is 35.5. The van der Waals surface area contributed by atoms with Gasteiger partial charge in [-0.15, -0.1) is 0 Å². The molecule has 0 heterocycles. The molecule has 3 nitrogen and oxygen atoms in total. The van der Waals surface area contributed by atoms with Gasteiger partial charge in [-0.25, -0.2) is 4.79 Å². The number of carboxylic acid groups (broad SMARTS) is 1. The van der Waals surface area contributed by atoms with Crippen molar-refractivity contribution in [3.8, 4) is 5.75 Å². The van der Waals surface area contributed by atoms with Crippen LogP contribution < -0.4 is 0 Å². The van der Waals surface area contributed by atoms with Gasteiger partial charge < -0.3 is 10.2 Å². The monoisotopic (exact) mass is 236 g/mol. The number of hydrogen-bond acceptors (Lipinski definition) is 2. The number of phenolic OH excluding ortho intramolecular Hbond substituents is 1. The molecule has 6 heteroatoms. The normalized spacial score (nSPS) is 11.4. The molecule has 0 atom stereocenters. The molecule has 0 amide bonds. The zero-order valence-corrected chi connectivity index (χ0v) is 8.13. The van der Waals surface area contributed by atoms with Crippen LogP contribution in [0.5, 0.6) is 5.75 Å². The smallest absolute Gasteiger partial charge is 0.374 e. The molecule has 0 aliphatic heterocycles. The Morgan fingerprint density at radius 1 is 1.47 bits per heavy atom. The fraction of sp³-hybridized carbons (Fsp3) is 0.222. The number of carbonyl (C=O) groups is 1. The number of aromatic hydroxyl groups is 1. The van der Waals surface area contributed by atoms with E-state index in [-0.39, 0.29) is 10.6 Å². The first-order chi connectivity index (χ1) is 6.84. The van der Waals surface area contributed by atoms with E-state index in [1.165, 1.54) is 18.2 Å². The molecular formula is C9H7ClF2O3. The molecule has 2 N–H and O–H groups in total. The number of halogens is 3. The second kappa shape index (κ2) is 4.02. The molecule has 0 aliphatic rings. The maximum atomic E-state index is 12.8. The summed E-state index contributed by atoms with van der Waals surface area (Å²) in [7, 11) is 0. The Balaban J connectivity index is 3.04. The van der Waals surface area contributed by atoms with Crippen molar-refractivity contribution in [3.63, 3.8) is 0 Å². The van der Waals surface area contributed by atoms with E-state index in [1.807, 2.05) is 0 Å². The predicted molar refractivity (Wildman–Crippen MR) is 49.4 cm³/mol. The molecular weight excluding hydrogens is 230 g/mol. The molecule has 0 spiro atoms. The highest BCUT2D eigenvalue weighted by molar-refractivity contribution is 6.31. The molecule has 0 bridgehead atoms. The minimum Gasteiger partial charge on any atom is -0.508 e. The van der Waals surface area contributed by atoms with Crippen LogP contribution in [0.15, 0.2) is 18.2 Å². The minimum atomic E-state index is -3.94. The van der Waals surface area contributed by atoms with Gasteiger partial charge in [0, 0.05) is 10.6 Å². The van der Waals surface area contributed by atoms with E-state index in [4.69, 9.17) is 16.7 Å². The summed E-state index contributed by atoms with van der Waals surface area (Å²) in [6.07, 6.45) is -1.13. The second-order valence-electron chi connectivity index (χ2n) is 2.92. The van der Waals surface area contributed by atoms with E-state index in [2.05, 4.69) is 0 Å². The minimum absolute atomic E-state index is 0.0871. The van der Waals surface area contributed by atoms with Crippen LogP contribution in [0, 0.1) is 0 Å². The van der Waals surface area contributed by atoms with Gasteiger partial charge in [-0.1, -0.05) is 17.7 Å². The summed E-state index contributed by atoms with van der Waals surface area (Å²) in [5.74, 6) is -6.63. The molecule has 0 fully saturated rings. The van der Waals surface area contributed by atoms with Gasteiger partial charge in [0.25, 0.3) is 0 Å². The molecule has 1 rings (SSSR count). The first kappa shape index (κ1) is 11.7. The van der Waals surface area contributed by atoms with Crippen molar-refractivity contribution in [2.24, 2.45) is 0 Å². The summed E-state index contributed by atoms with van der Waals surface area (Å²) in [6, 6.07) is 3.84. The predicted octanol–water partition coefficient (Wildman–Crippen LogP) is 2.31. The Morgan fingerprint density at radius 2 is 2.07 bits per heavy atom. The van der Waals surface area contributed by atoms with E-state index in [1.54, 1.807) is 0 Å². The lowest BCUT2D eigenvalue weighted by Crippen LogP contribution is -2.30. The van der Waals surface area contributed by atoms with E-state index >= 15 is 0 Å². The van der Waals surface area contributed by atoms with Gasteiger partial charge in [-0.2, -0.15) is 8.78 Å². The van der Waals surface area contributed by atoms with Crippen molar-refractivity contribution in [2.75, 3.05) is 0 Å². The number of hydrogen-bond donors (Lipinski definition) is 2. The van der Waals surface area contributed by atoms with Crippen molar-refractivity contribution in [1.29, 1.82) is 0 Å². The van der Waals surface area contributed by atoms with Gasteiger partial charge in [0.2, 0.25) is 0 Å². The zero-order valence-electron chi connectivity index (χ0n) is 7.38. The van der Waals surface area contributed by atoms with Crippen LogP contribution in [0.25, 0.3) is 0 Å².